The first-order chi connectivity index (χ1) is 10.8. The first kappa shape index (κ1) is 17.9. The largest absolute Gasteiger partial charge is 0.351 e. The number of carbonyl (C=O) groups is 2. The normalized spacial score (nSPS) is 16.3. The van der Waals surface area contributed by atoms with E-state index in [0.29, 0.717) is 13.1 Å². The van der Waals surface area contributed by atoms with Crippen LogP contribution in [0.15, 0.2) is 16.3 Å². The molecule has 0 aromatic carbocycles. The quantitative estimate of drug-likeness (QED) is 0.780. The molecule has 0 spiro atoms. The van der Waals surface area contributed by atoms with Gasteiger partial charge in [0.05, 0.1) is 12.6 Å². The fourth-order valence-corrected chi connectivity index (χ4v) is 4.87. The third-order valence-corrected chi connectivity index (χ3v) is 6.65. The maximum Gasteiger partial charge on any atom is 0.250 e. The van der Waals surface area contributed by atoms with Crippen LogP contribution in [0, 0.1) is 0 Å². The van der Waals surface area contributed by atoms with Crippen LogP contribution in [0.3, 0.4) is 0 Å². The number of sulfonamides is 1. The average molecular weight is 359 g/mol. The van der Waals surface area contributed by atoms with Gasteiger partial charge in [0.1, 0.15) is 4.21 Å². The number of thiophene rings is 1. The van der Waals surface area contributed by atoms with E-state index in [4.69, 9.17) is 0 Å². The molecule has 2 N–H and O–H groups in total. The number of nitrogens with one attached hydrogen (secondary N) is 2. The summed E-state index contributed by atoms with van der Waals surface area (Å²) in [6, 6.07) is 2.35. The predicted molar refractivity (Wildman–Crippen MR) is 87.4 cm³/mol. The van der Waals surface area contributed by atoms with Crippen LogP contribution in [-0.2, 0) is 26.2 Å². The molecule has 1 fully saturated rings. The Hall–Kier alpha value is -1.45. The van der Waals surface area contributed by atoms with Crippen molar-refractivity contribution in [1.82, 2.24) is 14.9 Å². The molecule has 2 heterocycles. The van der Waals surface area contributed by atoms with E-state index in [0.717, 1.165) is 29.1 Å². The highest BCUT2D eigenvalue weighted by atomic mass is 32.2. The number of amides is 2. The van der Waals surface area contributed by atoms with Crippen molar-refractivity contribution in [1.29, 1.82) is 0 Å². The van der Waals surface area contributed by atoms with Gasteiger partial charge in [0.25, 0.3) is 10.0 Å². The maximum absolute atomic E-state index is 12.4. The Kier molecular flexibility index (Phi) is 5.77. The zero-order valence-electron chi connectivity index (χ0n) is 13.2. The number of hydrogen-bond donors (Lipinski definition) is 2. The molecule has 1 aromatic heterocycles. The van der Waals surface area contributed by atoms with E-state index in [1.807, 2.05) is 0 Å². The molecule has 1 saturated heterocycles. The summed E-state index contributed by atoms with van der Waals surface area (Å²) in [6.07, 6.45) is 1.92. The van der Waals surface area contributed by atoms with Gasteiger partial charge in [-0.05, 0) is 31.9 Å². The lowest BCUT2D eigenvalue weighted by Crippen LogP contribution is -2.45. The van der Waals surface area contributed by atoms with Crippen molar-refractivity contribution in [3.8, 4) is 0 Å². The number of nitrogens with zero attached hydrogens (tertiary/aromatic N) is 1. The minimum atomic E-state index is -3.74. The van der Waals surface area contributed by atoms with Gasteiger partial charge >= 0.3 is 0 Å². The second-order valence-electron chi connectivity index (χ2n) is 5.51. The van der Waals surface area contributed by atoms with E-state index < -0.39 is 16.1 Å². The number of carbonyl (C=O) groups excluding carboxylic acids is 2. The van der Waals surface area contributed by atoms with E-state index in [9.17, 15) is 18.0 Å². The van der Waals surface area contributed by atoms with Crippen molar-refractivity contribution in [3.05, 3.63) is 17.0 Å². The van der Waals surface area contributed by atoms with Crippen molar-refractivity contribution < 1.29 is 18.0 Å². The lowest BCUT2D eigenvalue weighted by Gasteiger charge is -2.20. The van der Waals surface area contributed by atoms with Crippen LogP contribution in [0.1, 0.15) is 31.6 Å². The predicted octanol–water partition coefficient (Wildman–Crippen LogP) is 0.673. The molecule has 0 unspecified atom stereocenters. The van der Waals surface area contributed by atoms with Gasteiger partial charge in [-0.25, -0.2) is 8.42 Å². The van der Waals surface area contributed by atoms with E-state index in [2.05, 4.69) is 10.0 Å². The molecule has 9 heteroatoms. The van der Waals surface area contributed by atoms with Crippen LogP contribution < -0.4 is 10.0 Å². The maximum atomic E-state index is 12.4. The molecule has 7 nitrogen and oxygen atoms in total. The summed E-state index contributed by atoms with van der Waals surface area (Å²) in [6.45, 7) is 4.62. The molecule has 0 bridgehead atoms. The van der Waals surface area contributed by atoms with Gasteiger partial charge in [-0.3, -0.25) is 9.59 Å². The van der Waals surface area contributed by atoms with Crippen LogP contribution in [0.4, 0.5) is 0 Å². The van der Waals surface area contributed by atoms with Gasteiger partial charge in [0, 0.05) is 24.9 Å². The third-order valence-electron chi connectivity index (χ3n) is 3.53. The Morgan fingerprint density at radius 2 is 1.96 bits per heavy atom. The highest BCUT2D eigenvalue weighted by Gasteiger charge is 2.28. The molecule has 0 radical (unpaired) electrons. The smallest absolute Gasteiger partial charge is 0.250 e. The standard InChI is InChI=1S/C14H21N3O4S2/c1-10(14(19)17-7-3-4-8-17)16-23(20,21)13-6-5-12(22-13)9-15-11(2)18/h5-6,10,16H,3-4,7-9H2,1-2H3,(H,15,18)/t10-/m0/s1. The van der Waals surface area contributed by atoms with E-state index in [-0.39, 0.29) is 22.6 Å². The lowest BCUT2D eigenvalue weighted by molar-refractivity contribution is -0.131. The molecule has 1 atom stereocenters. The summed E-state index contributed by atoms with van der Waals surface area (Å²) in [5, 5.41) is 2.62. The van der Waals surface area contributed by atoms with Crippen molar-refractivity contribution in [2.75, 3.05) is 13.1 Å². The minimum Gasteiger partial charge on any atom is -0.351 e. The highest BCUT2D eigenvalue weighted by Crippen LogP contribution is 2.22. The topological polar surface area (TPSA) is 95.6 Å². The first-order valence-corrected chi connectivity index (χ1v) is 9.74. The van der Waals surface area contributed by atoms with E-state index in [1.165, 1.54) is 13.0 Å². The summed E-state index contributed by atoms with van der Waals surface area (Å²) in [5.41, 5.74) is 0. The molecule has 1 aromatic rings. The molecule has 0 aliphatic carbocycles. The highest BCUT2D eigenvalue weighted by molar-refractivity contribution is 7.91. The minimum absolute atomic E-state index is 0.138. The van der Waals surface area contributed by atoms with Crippen LogP contribution in [-0.4, -0.2) is 44.3 Å². The SMILES string of the molecule is CC(=O)NCc1ccc(S(=O)(=O)N[C@@H](C)C(=O)N2CCCC2)s1. The van der Waals surface area contributed by atoms with Crippen LogP contribution in [0.2, 0.25) is 0 Å². The average Bonchev–Trinajstić information content (AvgIpc) is 3.15. The summed E-state index contributed by atoms with van der Waals surface area (Å²) in [4.78, 5) is 25.5. The summed E-state index contributed by atoms with van der Waals surface area (Å²) in [7, 11) is -3.74. The monoisotopic (exact) mass is 359 g/mol. The summed E-state index contributed by atoms with van der Waals surface area (Å²) in [5.74, 6) is -0.369. The molecule has 2 rings (SSSR count). The molecule has 128 valence electrons. The Morgan fingerprint density at radius 3 is 2.57 bits per heavy atom. The first-order valence-electron chi connectivity index (χ1n) is 7.44. The van der Waals surface area contributed by atoms with Gasteiger partial charge in [0.2, 0.25) is 11.8 Å². The van der Waals surface area contributed by atoms with E-state index in [1.54, 1.807) is 17.9 Å². The van der Waals surface area contributed by atoms with Crippen LogP contribution in [0.25, 0.3) is 0 Å². The van der Waals surface area contributed by atoms with Crippen molar-refractivity contribution in [3.63, 3.8) is 0 Å². The second-order valence-corrected chi connectivity index (χ2v) is 8.62. The number of likely N-dealkylation sites (tertiary alicyclic amines) is 1. The van der Waals surface area contributed by atoms with E-state index >= 15 is 0 Å². The van der Waals surface area contributed by atoms with Crippen LogP contribution in [0.5, 0.6) is 0 Å². The molecule has 1 aliphatic rings. The van der Waals surface area contributed by atoms with Crippen molar-refractivity contribution >= 4 is 33.2 Å². The molecule has 1 aliphatic heterocycles. The molecular formula is C14H21N3O4S2. The number of hydrogen-bond acceptors (Lipinski definition) is 5. The Bertz CT molecular complexity index is 678. The van der Waals surface area contributed by atoms with Crippen LogP contribution >= 0.6 is 11.3 Å². The van der Waals surface area contributed by atoms with Gasteiger partial charge in [0.15, 0.2) is 0 Å². The van der Waals surface area contributed by atoms with Gasteiger partial charge in [-0.15, -0.1) is 11.3 Å². The summed E-state index contributed by atoms with van der Waals surface area (Å²) >= 11 is 1.08. The fourth-order valence-electron chi connectivity index (χ4n) is 2.36. The summed E-state index contributed by atoms with van der Waals surface area (Å²) < 4.78 is 27.3. The Balaban J connectivity index is 2.00. The van der Waals surface area contributed by atoms with Crippen molar-refractivity contribution in [2.24, 2.45) is 0 Å². The number of rotatable bonds is 6. The molecule has 2 amide bonds. The van der Waals surface area contributed by atoms with Gasteiger partial charge in [-0.1, -0.05) is 0 Å². The van der Waals surface area contributed by atoms with Gasteiger partial charge in [-0.2, -0.15) is 4.72 Å². The Labute approximate surface area is 140 Å². The molecule has 23 heavy (non-hydrogen) atoms. The molecular weight excluding hydrogens is 338 g/mol. The zero-order valence-corrected chi connectivity index (χ0v) is 14.8. The lowest BCUT2D eigenvalue weighted by atomic mass is 10.3. The fraction of sp³-hybridized carbons (Fsp3) is 0.571. The zero-order chi connectivity index (χ0) is 17.0. The van der Waals surface area contributed by atoms with Gasteiger partial charge < -0.3 is 10.2 Å². The Morgan fingerprint density at radius 1 is 1.30 bits per heavy atom. The third kappa shape index (κ3) is 4.76. The second kappa shape index (κ2) is 7.41. The molecule has 0 saturated carbocycles. The van der Waals surface area contributed by atoms with Crippen molar-refractivity contribution in [2.45, 2.75) is 43.5 Å².